The van der Waals surface area contributed by atoms with E-state index in [0.29, 0.717) is 4.90 Å². The second-order valence-electron chi connectivity index (χ2n) is 4.79. The summed E-state index contributed by atoms with van der Waals surface area (Å²) < 4.78 is 27.3. The lowest BCUT2D eigenvalue weighted by atomic mass is 10.1. The van der Waals surface area contributed by atoms with Crippen LogP contribution in [0.5, 0.6) is 0 Å². The highest BCUT2D eigenvalue weighted by Crippen LogP contribution is 2.13. The Balaban J connectivity index is 2.80. The van der Waals surface area contributed by atoms with Crippen molar-refractivity contribution in [3.05, 3.63) is 42.5 Å². The minimum atomic E-state index is -3.41. The van der Waals surface area contributed by atoms with Crippen molar-refractivity contribution < 1.29 is 8.42 Å². The van der Waals surface area contributed by atoms with Gasteiger partial charge in [0, 0.05) is 6.04 Å². The van der Waals surface area contributed by atoms with Crippen molar-refractivity contribution in [1.82, 2.24) is 4.72 Å². The molecule has 0 amide bonds. The van der Waals surface area contributed by atoms with Crippen LogP contribution in [0.4, 0.5) is 0 Å². The first-order chi connectivity index (χ1) is 8.99. The molecule has 0 saturated heterocycles. The van der Waals surface area contributed by atoms with E-state index in [9.17, 15) is 8.42 Å². The van der Waals surface area contributed by atoms with Gasteiger partial charge in [0.15, 0.2) is 0 Å². The zero-order chi connectivity index (χ0) is 14.3. The molecule has 0 saturated carbocycles. The van der Waals surface area contributed by atoms with Crippen LogP contribution in [0.1, 0.15) is 38.2 Å². The highest BCUT2D eigenvalue weighted by Gasteiger charge is 2.18. The number of nitrogens with one attached hydrogen (secondary N) is 1. The highest BCUT2D eigenvalue weighted by atomic mass is 32.2. The first-order valence-corrected chi connectivity index (χ1v) is 8.17. The zero-order valence-electron chi connectivity index (χ0n) is 11.7. The Morgan fingerprint density at radius 3 is 2.42 bits per heavy atom. The van der Waals surface area contributed by atoms with Gasteiger partial charge in [-0.2, -0.15) is 0 Å². The maximum atomic E-state index is 12.3. The van der Waals surface area contributed by atoms with Crippen LogP contribution in [0, 0.1) is 6.92 Å². The second kappa shape index (κ2) is 7.46. The largest absolute Gasteiger partial charge is 0.240 e. The Bertz CT molecular complexity index is 491. The molecular weight excluding hydrogens is 258 g/mol. The third-order valence-electron chi connectivity index (χ3n) is 3.01. The fourth-order valence-corrected chi connectivity index (χ4v) is 3.24. The monoisotopic (exact) mass is 281 g/mol. The van der Waals surface area contributed by atoms with Gasteiger partial charge in [-0.25, -0.2) is 13.1 Å². The van der Waals surface area contributed by atoms with E-state index in [2.05, 4.69) is 18.2 Å². The summed E-state index contributed by atoms with van der Waals surface area (Å²) in [4.78, 5) is 0.331. The van der Waals surface area contributed by atoms with Gasteiger partial charge in [0.1, 0.15) is 0 Å². The van der Waals surface area contributed by atoms with Crippen molar-refractivity contribution in [2.75, 3.05) is 0 Å². The van der Waals surface area contributed by atoms with E-state index >= 15 is 0 Å². The van der Waals surface area contributed by atoms with Gasteiger partial charge in [0.2, 0.25) is 10.0 Å². The lowest BCUT2D eigenvalue weighted by molar-refractivity contribution is 0.501. The fourth-order valence-electron chi connectivity index (χ4n) is 1.93. The number of hydrogen-bond donors (Lipinski definition) is 1. The Labute approximate surface area is 116 Å². The molecule has 0 heterocycles. The number of benzene rings is 1. The fraction of sp³-hybridized carbons (Fsp3) is 0.467. The predicted octanol–water partition coefficient (Wildman–Crippen LogP) is 3.41. The smallest absolute Gasteiger partial charge is 0.208 e. The molecule has 0 bridgehead atoms. The summed E-state index contributed by atoms with van der Waals surface area (Å²) in [5.41, 5.74) is 1.05. The first-order valence-electron chi connectivity index (χ1n) is 6.69. The van der Waals surface area contributed by atoms with Crippen LogP contribution in [0.3, 0.4) is 0 Å². The van der Waals surface area contributed by atoms with Gasteiger partial charge in [-0.05, 0) is 38.3 Å². The zero-order valence-corrected chi connectivity index (χ0v) is 12.5. The first kappa shape index (κ1) is 15.9. The van der Waals surface area contributed by atoms with Crippen molar-refractivity contribution >= 4 is 10.0 Å². The van der Waals surface area contributed by atoms with Gasteiger partial charge >= 0.3 is 0 Å². The molecule has 0 aliphatic heterocycles. The molecule has 19 heavy (non-hydrogen) atoms. The molecule has 0 aliphatic carbocycles. The number of allylic oxidation sites excluding steroid dienone is 1. The minimum Gasteiger partial charge on any atom is -0.208 e. The molecule has 4 heteroatoms. The van der Waals surface area contributed by atoms with Crippen LogP contribution in [-0.2, 0) is 10.0 Å². The maximum Gasteiger partial charge on any atom is 0.240 e. The summed E-state index contributed by atoms with van der Waals surface area (Å²) in [5.74, 6) is 0. The molecule has 1 atom stereocenters. The summed E-state index contributed by atoms with van der Waals surface area (Å²) in [6.45, 7) is 7.67. The van der Waals surface area contributed by atoms with E-state index in [1.807, 2.05) is 25.1 Å². The van der Waals surface area contributed by atoms with Gasteiger partial charge in [0.25, 0.3) is 0 Å². The van der Waals surface area contributed by atoms with Crippen LogP contribution in [-0.4, -0.2) is 14.5 Å². The molecule has 0 aromatic heterocycles. The van der Waals surface area contributed by atoms with Crippen LogP contribution in [0.2, 0.25) is 0 Å². The number of sulfonamides is 1. The van der Waals surface area contributed by atoms with Crippen molar-refractivity contribution in [2.45, 2.75) is 50.5 Å². The summed E-state index contributed by atoms with van der Waals surface area (Å²) in [6, 6.07) is 6.90. The van der Waals surface area contributed by atoms with Crippen LogP contribution in [0.25, 0.3) is 0 Å². The summed E-state index contributed by atoms with van der Waals surface area (Å²) >= 11 is 0. The summed E-state index contributed by atoms with van der Waals surface area (Å²) in [7, 11) is -3.41. The van der Waals surface area contributed by atoms with E-state index in [1.54, 1.807) is 12.1 Å². The Hall–Kier alpha value is -1.13. The van der Waals surface area contributed by atoms with Gasteiger partial charge in [-0.1, -0.05) is 37.1 Å². The van der Waals surface area contributed by atoms with E-state index in [1.165, 1.54) is 0 Å². The van der Waals surface area contributed by atoms with Gasteiger partial charge in [-0.3, -0.25) is 0 Å². The Morgan fingerprint density at radius 1 is 1.26 bits per heavy atom. The van der Waals surface area contributed by atoms with Crippen molar-refractivity contribution in [1.29, 1.82) is 0 Å². The molecule has 1 aromatic carbocycles. The Kier molecular flexibility index (Phi) is 6.25. The van der Waals surface area contributed by atoms with Gasteiger partial charge in [0.05, 0.1) is 4.90 Å². The summed E-state index contributed by atoms with van der Waals surface area (Å²) in [6.07, 6.45) is 5.24. The van der Waals surface area contributed by atoms with Crippen molar-refractivity contribution in [3.8, 4) is 0 Å². The van der Waals surface area contributed by atoms with Crippen molar-refractivity contribution in [2.24, 2.45) is 0 Å². The lowest BCUT2D eigenvalue weighted by Gasteiger charge is -2.17. The van der Waals surface area contributed by atoms with Gasteiger partial charge < -0.3 is 0 Å². The van der Waals surface area contributed by atoms with Crippen LogP contribution in [0.15, 0.2) is 41.8 Å². The molecule has 1 aromatic rings. The average Bonchev–Trinajstić information content (AvgIpc) is 2.36. The molecule has 0 unspecified atom stereocenters. The van der Waals surface area contributed by atoms with Gasteiger partial charge in [-0.15, -0.1) is 6.58 Å². The topological polar surface area (TPSA) is 46.2 Å². The minimum absolute atomic E-state index is 0.0192. The van der Waals surface area contributed by atoms with Crippen LogP contribution >= 0.6 is 0 Å². The predicted molar refractivity (Wildman–Crippen MR) is 79.6 cm³/mol. The standard InChI is InChI=1S/C15H23NO2S/c1-4-6-8-14(7-5-2)16-19(17,18)15-11-9-13(3)10-12-15/h4,9-12,14,16H,1,5-8H2,2-3H3/t14-/m0/s1. The van der Waals surface area contributed by atoms with E-state index in [4.69, 9.17) is 0 Å². The third-order valence-corrected chi connectivity index (χ3v) is 4.55. The molecule has 106 valence electrons. The summed E-state index contributed by atoms with van der Waals surface area (Å²) in [5, 5.41) is 0. The molecule has 0 aliphatic rings. The number of rotatable bonds is 8. The normalized spacial score (nSPS) is 13.2. The molecule has 1 rings (SSSR count). The maximum absolute atomic E-state index is 12.3. The molecule has 3 nitrogen and oxygen atoms in total. The Morgan fingerprint density at radius 2 is 1.89 bits per heavy atom. The van der Waals surface area contributed by atoms with Crippen LogP contribution < -0.4 is 4.72 Å². The second-order valence-corrected chi connectivity index (χ2v) is 6.50. The number of aryl methyl sites for hydroxylation is 1. The van der Waals surface area contributed by atoms with E-state index in [0.717, 1.165) is 31.2 Å². The number of hydrogen-bond acceptors (Lipinski definition) is 2. The highest BCUT2D eigenvalue weighted by molar-refractivity contribution is 7.89. The quantitative estimate of drug-likeness (QED) is 0.742. The average molecular weight is 281 g/mol. The molecule has 0 fully saturated rings. The van der Waals surface area contributed by atoms with Crippen molar-refractivity contribution in [3.63, 3.8) is 0 Å². The SMILES string of the molecule is C=CCC[C@H](CCC)NS(=O)(=O)c1ccc(C)cc1. The molecule has 1 N–H and O–H groups in total. The molecule has 0 spiro atoms. The third kappa shape index (κ3) is 5.17. The molecule has 0 radical (unpaired) electrons. The lowest BCUT2D eigenvalue weighted by Crippen LogP contribution is -2.34. The van der Waals surface area contributed by atoms with E-state index in [-0.39, 0.29) is 6.04 Å². The molecular formula is C15H23NO2S. The van der Waals surface area contributed by atoms with E-state index < -0.39 is 10.0 Å².